The third-order valence-corrected chi connectivity index (χ3v) is 3.01. The van der Waals surface area contributed by atoms with Gasteiger partial charge in [-0.3, -0.25) is 0 Å². The molecule has 0 aliphatic carbocycles. The van der Waals surface area contributed by atoms with Crippen molar-refractivity contribution in [1.29, 1.82) is 0 Å². The van der Waals surface area contributed by atoms with Crippen molar-refractivity contribution in [2.24, 2.45) is 12.8 Å². The first-order chi connectivity index (χ1) is 6.81. The second-order valence-electron chi connectivity index (χ2n) is 3.17. The molecule has 0 saturated carbocycles. The van der Waals surface area contributed by atoms with Crippen LogP contribution in [0.1, 0.15) is 5.82 Å². The third kappa shape index (κ3) is 1.71. The molecule has 2 rings (SSSR count). The minimum absolute atomic E-state index is 0.648. The number of rotatable bonds is 3. The number of thiophene rings is 1. The molecule has 0 fully saturated rings. The van der Waals surface area contributed by atoms with E-state index in [1.54, 1.807) is 11.3 Å². The Morgan fingerprint density at radius 3 is 3.07 bits per heavy atom. The van der Waals surface area contributed by atoms with E-state index in [0.717, 1.165) is 17.9 Å². The molecule has 2 heterocycles. The van der Waals surface area contributed by atoms with E-state index in [2.05, 4.69) is 22.6 Å². The zero-order valence-electron chi connectivity index (χ0n) is 8.10. The van der Waals surface area contributed by atoms with Gasteiger partial charge in [0.15, 0.2) is 0 Å². The molecule has 0 aliphatic rings. The van der Waals surface area contributed by atoms with E-state index in [4.69, 9.17) is 5.73 Å². The van der Waals surface area contributed by atoms with Crippen LogP contribution in [0.4, 0.5) is 0 Å². The number of aromatic nitrogens is 2. The fourth-order valence-electron chi connectivity index (χ4n) is 1.41. The Morgan fingerprint density at radius 1 is 1.57 bits per heavy atom. The standard InChI is InChI=1S/C10H13N3S/c1-13-7-8(9-3-2-6-14-9)12-10(13)4-5-11/h2-3,6-7H,4-5,11H2,1H3. The van der Waals surface area contributed by atoms with Crippen LogP contribution < -0.4 is 5.73 Å². The molecular formula is C10H13N3S. The van der Waals surface area contributed by atoms with Crippen LogP contribution in [0.5, 0.6) is 0 Å². The molecular weight excluding hydrogens is 194 g/mol. The van der Waals surface area contributed by atoms with Gasteiger partial charge in [-0.2, -0.15) is 0 Å². The van der Waals surface area contributed by atoms with Crippen molar-refractivity contribution in [3.05, 3.63) is 29.5 Å². The number of hydrogen-bond acceptors (Lipinski definition) is 3. The minimum Gasteiger partial charge on any atom is -0.337 e. The van der Waals surface area contributed by atoms with Crippen LogP contribution in [0.3, 0.4) is 0 Å². The van der Waals surface area contributed by atoms with Crippen LogP contribution in [-0.2, 0) is 13.5 Å². The van der Waals surface area contributed by atoms with E-state index in [9.17, 15) is 0 Å². The van der Waals surface area contributed by atoms with Gasteiger partial charge in [0.05, 0.1) is 10.6 Å². The molecule has 2 N–H and O–H groups in total. The van der Waals surface area contributed by atoms with Crippen LogP contribution in [0.2, 0.25) is 0 Å². The molecule has 0 atom stereocenters. The second-order valence-corrected chi connectivity index (χ2v) is 4.12. The van der Waals surface area contributed by atoms with Crippen LogP contribution >= 0.6 is 11.3 Å². The van der Waals surface area contributed by atoms with E-state index in [1.807, 2.05) is 17.7 Å². The molecule has 0 saturated heterocycles. The molecule has 0 unspecified atom stereocenters. The summed E-state index contributed by atoms with van der Waals surface area (Å²) in [6, 6.07) is 4.12. The molecule has 14 heavy (non-hydrogen) atoms. The average molecular weight is 207 g/mol. The highest BCUT2D eigenvalue weighted by Gasteiger charge is 2.06. The van der Waals surface area contributed by atoms with E-state index in [0.29, 0.717) is 6.54 Å². The molecule has 74 valence electrons. The zero-order chi connectivity index (χ0) is 9.97. The molecule has 2 aromatic heterocycles. The van der Waals surface area contributed by atoms with Crippen LogP contribution in [0, 0.1) is 0 Å². The summed E-state index contributed by atoms with van der Waals surface area (Å²) in [5.74, 6) is 1.05. The van der Waals surface area contributed by atoms with Gasteiger partial charge in [-0.05, 0) is 18.0 Å². The number of aryl methyl sites for hydroxylation is 1. The maximum Gasteiger partial charge on any atom is 0.110 e. The fraction of sp³-hybridized carbons (Fsp3) is 0.300. The number of nitrogens with two attached hydrogens (primary N) is 1. The smallest absolute Gasteiger partial charge is 0.110 e. The molecule has 0 bridgehead atoms. The Balaban J connectivity index is 2.33. The first-order valence-corrected chi connectivity index (χ1v) is 5.45. The Hall–Kier alpha value is -1.13. The fourth-order valence-corrected chi connectivity index (χ4v) is 2.09. The third-order valence-electron chi connectivity index (χ3n) is 2.11. The first kappa shape index (κ1) is 9.43. The van der Waals surface area contributed by atoms with Crippen molar-refractivity contribution in [2.45, 2.75) is 6.42 Å². The predicted octanol–water partition coefficient (Wildman–Crippen LogP) is 1.65. The van der Waals surface area contributed by atoms with Crippen LogP contribution in [0.15, 0.2) is 23.7 Å². The van der Waals surface area contributed by atoms with Crippen molar-refractivity contribution in [2.75, 3.05) is 6.54 Å². The Labute approximate surface area is 87.2 Å². The summed E-state index contributed by atoms with van der Waals surface area (Å²) in [7, 11) is 2.01. The number of imidazole rings is 1. The van der Waals surface area contributed by atoms with E-state index < -0.39 is 0 Å². The van der Waals surface area contributed by atoms with Gasteiger partial charge < -0.3 is 10.3 Å². The highest BCUT2D eigenvalue weighted by Crippen LogP contribution is 2.23. The van der Waals surface area contributed by atoms with Crippen LogP contribution in [0.25, 0.3) is 10.6 Å². The van der Waals surface area contributed by atoms with Gasteiger partial charge in [-0.15, -0.1) is 11.3 Å². The summed E-state index contributed by atoms with van der Waals surface area (Å²) >= 11 is 1.71. The SMILES string of the molecule is Cn1cc(-c2cccs2)nc1CCN. The van der Waals surface area contributed by atoms with E-state index in [-0.39, 0.29) is 0 Å². The Morgan fingerprint density at radius 2 is 2.43 bits per heavy atom. The Kier molecular flexibility index (Phi) is 2.65. The molecule has 0 spiro atoms. The lowest BCUT2D eigenvalue weighted by Gasteiger charge is -1.95. The molecule has 0 aromatic carbocycles. The molecule has 3 nitrogen and oxygen atoms in total. The summed E-state index contributed by atoms with van der Waals surface area (Å²) in [6.07, 6.45) is 2.89. The summed E-state index contributed by atoms with van der Waals surface area (Å²) in [4.78, 5) is 5.75. The lowest BCUT2D eigenvalue weighted by atomic mass is 10.4. The summed E-state index contributed by atoms with van der Waals surface area (Å²) in [5, 5.41) is 2.06. The average Bonchev–Trinajstić information content (AvgIpc) is 2.76. The topological polar surface area (TPSA) is 43.8 Å². The van der Waals surface area contributed by atoms with Crippen LogP contribution in [-0.4, -0.2) is 16.1 Å². The molecule has 0 amide bonds. The highest BCUT2D eigenvalue weighted by molar-refractivity contribution is 7.13. The van der Waals surface area contributed by atoms with Crippen molar-refractivity contribution in [3.8, 4) is 10.6 Å². The largest absolute Gasteiger partial charge is 0.337 e. The van der Waals surface area contributed by atoms with E-state index >= 15 is 0 Å². The van der Waals surface area contributed by atoms with Gasteiger partial charge in [-0.1, -0.05) is 6.07 Å². The highest BCUT2D eigenvalue weighted by atomic mass is 32.1. The van der Waals surface area contributed by atoms with Gasteiger partial charge in [0.25, 0.3) is 0 Å². The summed E-state index contributed by atoms with van der Waals surface area (Å²) in [5.41, 5.74) is 6.55. The van der Waals surface area contributed by atoms with E-state index in [1.165, 1.54) is 4.88 Å². The Bertz CT molecular complexity index is 403. The number of nitrogens with zero attached hydrogens (tertiary/aromatic N) is 2. The van der Waals surface area contributed by atoms with Gasteiger partial charge in [0.2, 0.25) is 0 Å². The van der Waals surface area contributed by atoms with Crippen molar-refractivity contribution >= 4 is 11.3 Å². The monoisotopic (exact) mass is 207 g/mol. The molecule has 0 aliphatic heterocycles. The van der Waals surface area contributed by atoms with Crippen molar-refractivity contribution in [3.63, 3.8) is 0 Å². The van der Waals surface area contributed by atoms with Gasteiger partial charge in [0, 0.05) is 19.7 Å². The zero-order valence-corrected chi connectivity index (χ0v) is 8.92. The predicted molar refractivity (Wildman–Crippen MR) is 59.3 cm³/mol. The van der Waals surface area contributed by atoms with Gasteiger partial charge in [-0.25, -0.2) is 4.98 Å². The van der Waals surface area contributed by atoms with Gasteiger partial charge in [0.1, 0.15) is 5.82 Å². The lowest BCUT2D eigenvalue weighted by molar-refractivity contribution is 0.778. The quantitative estimate of drug-likeness (QED) is 0.831. The number of hydrogen-bond donors (Lipinski definition) is 1. The van der Waals surface area contributed by atoms with Crippen molar-refractivity contribution in [1.82, 2.24) is 9.55 Å². The molecule has 4 heteroatoms. The summed E-state index contributed by atoms with van der Waals surface area (Å²) < 4.78 is 2.04. The normalized spacial score (nSPS) is 10.7. The maximum atomic E-state index is 5.51. The van der Waals surface area contributed by atoms with Crippen molar-refractivity contribution < 1.29 is 0 Å². The molecule has 2 aromatic rings. The second kappa shape index (κ2) is 3.94. The first-order valence-electron chi connectivity index (χ1n) is 4.57. The summed E-state index contributed by atoms with van der Waals surface area (Å²) in [6.45, 7) is 0.648. The maximum absolute atomic E-state index is 5.51. The lowest BCUT2D eigenvalue weighted by Crippen LogP contribution is -2.07. The molecule has 0 radical (unpaired) electrons. The van der Waals surface area contributed by atoms with Gasteiger partial charge >= 0.3 is 0 Å². The minimum atomic E-state index is 0.648.